The Morgan fingerprint density at radius 2 is 1.75 bits per heavy atom. The summed E-state index contributed by atoms with van der Waals surface area (Å²) < 4.78 is 0. The molecule has 0 saturated heterocycles. The van der Waals surface area contributed by atoms with Gasteiger partial charge in [0.1, 0.15) is 6.34 Å². The number of hydrazine groups is 1. The molecule has 4 heteroatoms. The van der Waals surface area contributed by atoms with Gasteiger partial charge in [-0.2, -0.15) is 0 Å². The first-order valence-electron chi connectivity index (χ1n) is 6.50. The molecular formula is C16H16ClN3. The molecule has 0 atom stereocenters. The van der Waals surface area contributed by atoms with Crippen molar-refractivity contribution in [1.29, 1.82) is 0 Å². The second-order valence-corrected chi connectivity index (χ2v) is 5.43. The average Bonchev–Trinajstić information content (AvgIpc) is 2.46. The molecule has 3 rings (SSSR count). The standard InChI is InChI=1S/C16H16ClN3/c1-19(2)20-11-18-10-14-9-13(5-8-16(14)20)12-3-6-15(17)7-4-12/h3-9,11H,10H2,1-2H3. The Morgan fingerprint density at radius 3 is 2.45 bits per heavy atom. The highest BCUT2D eigenvalue weighted by Gasteiger charge is 2.16. The number of benzene rings is 2. The van der Waals surface area contributed by atoms with E-state index >= 15 is 0 Å². The minimum atomic E-state index is 0.723. The molecule has 1 heterocycles. The molecule has 2 aromatic carbocycles. The zero-order valence-corrected chi connectivity index (χ0v) is 12.3. The van der Waals surface area contributed by atoms with Gasteiger partial charge in [-0.15, -0.1) is 0 Å². The van der Waals surface area contributed by atoms with Crippen LogP contribution in [0.2, 0.25) is 5.02 Å². The van der Waals surface area contributed by atoms with Gasteiger partial charge in [0.15, 0.2) is 0 Å². The van der Waals surface area contributed by atoms with E-state index in [9.17, 15) is 0 Å². The highest BCUT2D eigenvalue weighted by atomic mass is 35.5. The molecule has 0 fully saturated rings. The SMILES string of the molecule is CN(C)N1C=NCc2cc(-c3ccc(Cl)cc3)ccc21. The van der Waals surface area contributed by atoms with Crippen molar-refractivity contribution in [3.05, 3.63) is 53.1 Å². The predicted octanol–water partition coefficient (Wildman–Crippen LogP) is 3.83. The fourth-order valence-electron chi connectivity index (χ4n) is 2.36. The Morgan fingerprint density at radius 1 is 1.05 bits per heavy atom. The largest absolute Gasteiger partial charge is 0.269 e. The summed E-state index contributed by atoms with van der Waals surface area (Å²) in [5.74, 6) is 0. The molecule has 0 radical (unpaired) electrons. The van der Waals surface area contributed by atoms with Gasteiger partial charge in [-0.1, -0.05) is 29.8 Å². The van der Waals surface area contributed by atoms with Crippen molar-refractivity contribution >= 4 is 23.6 Å². The van der Waals surface area contributed by atoms with Crippen LogP contribution in [0.4, 0.5) is 5.69 Å². The minimum Gasteiger partial charge on any atom is -0.269 e. The number of hydrogen-bond donors (Lipinski definition) is 0. The van der Waals surface area contributed by atoms with E-state index in [2.05, 4.69) is 23.2 Å². The number of rotatable bonds is 2. The normalized spacial score (nSPS) is 13.7. The van der Waals surface area contributed by atoms with E-state index in [1.165, 1.54) is 22.4 Å². The lowest BCUT2D eigenvalue weighted by Crippen LogP contribution is -2.37. The third-order valence-electron chi connectivity index (χ3n) is 3.39. The van der Waals surface area contributed by atoms with E-state index in [-0.39, 0.29) is 0 Å². The second-order valence-electron chi connectivity index (χ2n) is 5.00. The molecule has 20 heavy (non-hydrogen) atoms. The fourth-order valence-corrected chi connectivity index (χ4v) is 2.48. The van der Waals surface area contributed by atoms with Gasteiger partial charge in [-0.3, -0.25) is 10.0 Å². The van der Waals surface area contributed by atoms with E-state index in [0.717, 1.165) is 11.6 Å². The lowest BCUT2D eigenvalue weighted by Gasteiger charge is -2.31. The number of halogens is 1. The number of aliphatic imine (C=N–C) groups is 1. The van der Waals surface area contributed by atoms with Gasteiger partial charge in [-0.25, -0.2) is 5.01 Å². The lowest BCUT2D eigenvalue weighted by atomic mass is 10.0. The summed E-state index contributed by atoms with van der Waals surface area (Å²) in [6, 6.07) is 14.4. The highest BCUT2D eigenvalue weighted by Crippen LogP contribution is 2.30. The molecule has 1 aliphatic heterocycles. The van der Waals surface area contributed by atoms with Gasteiger partial charge in [0.2, 0.25) is 0 Å². The zero-order valence-electron chi connectivity index (χ0n) is 11.5. The van der Waals surface area contributed by atoms with Crippen LogP contribution in [-0.4, -0.2) is 25.4 Å². The van der Waals surface area contributed by atoms with Crippen molar-refractivity contribution in [1.82, 2.24) is 5.01 Å². The number of anilines is 1. The first-order chi connectivity index (χ1) is 9.65. The molecule has 1 aliphatic rings. The van der Waals surface area contributed by atoms with Crippen LogP contribution in [0.5, 0.6) is 0 Å². The van der Waals surface area contributed by atoms with Crippen LogP contribution in [0, 0.1) is 0 Å². The van der Waals surface area contributed by atoms with Gasteiger partial charge in [0.05, 0.1) is 12.2 Å². The maximum absolute atomic E-state index is 5.94. The molecular weight excluding hydrogens is 270 g/mol. The molecule has 0 bridgehead atoms. The summed E-state index contributed by atoms with van der Waals surface area (Å²) in [4.78, 5) is 4.41. The molecule has 0 unspecified atom stereocenters. The molecule has 2 aromatic rings. The number of nitrogens with zero attached hydrogens (tertiary/aromatic N) is 3. The third-order valence-corrected chi connectivity index (χ3v) is 3.64. The lowest BCUT2D eigenvalue weighted by molar-refractivity contribution is 0.429. The molecule has 0 saturated carbocycles. The molecule has 0 spiro atoms. The Kier molecular flexibility index (Phi) is 3.47. The van der Waals surface area contributed by atoms with Gasteiger partial charge < -0.3 is 0 Å². The second kappa shape index (κ2) is 5.27. The average molecular weight is 286 g/mol. The quantitative estimate of drug-likeness (QED) is 0.835. The summed E-state index contributed by atoms with van der Waals surface area (Å²) >= 11 is 5.94. The monoisotopic (exact) mass is 285 g/mol. The van der Waals surface area contributed by atoms with Crippen LogP contribution in [0.15, 0.2) is 47.5 Å². The predicted molar refractivity (Wildman–Crippen MR) is 85.3 cm³/mol. The van der Waals surface area contributed by atoms with Crippen molar-refractivity contribution in [2.45, 2.75) is 6.54 Å². The van der Waals surface area contributed by atoms with E-state index in [1.807, 2.05) is 54.7 Å². The highest BCUT2D eigenvalue weighted by molar-refractivity contribution is 6.30. The van der Waals surface area contributed by atoms with Crippen LogP contribution in [0.3, 0.4) is 0 Å². The van der Waals surface area contributed by atoms with Crippen LogP contribution in [0.25, 0.3) is 11.1 Å². The van der Waals surface area contributed by atoms with Gasteiger partial charge in [0.25, 0.3) is 0 Å². The smallest absolute Gasteiger partial charge is 0.105 e. The summed E-state index contributed by atoms with van der Waals surface area (Å²) in [6.45, 7) is 0.723. The Hall–Kier alpha value is -1.84. The van der Waals surface area contributed by atoms with Gasteiger partial charge in [0, 0.05) is 19.1 Å². The minimum absolute atomic E-state index is 0.723. The Balaban J connectivity index is 2.00. The van der Waals surface area contributed by atoms with E-state index in [0.29, 0.717) is 0 Å². The van der Waals surface area contributed by atoms with Crippen LogP contribution in [-0.2, 0) is 6.54 Å². The topological polar surface area (TPSA) is 18.8 Å². The van der Waals surface area contributed by atoms with Gasteiger partial charge in [-0.05, 0) is 41.0 Å². The first kappa shape index (κ1) is 13.2. The summed E-state index contributed by atoms with van der Waals surface area (Å²) in [7, 11) is 4.02. The maximum Gasteiger partial charge on any atom is 0.105 e. The van der Waals surface area contributed by atoms with Crippen molar-refractivity contribution in [3.63, 3.8) is 0 Å². The Bertz CT molecular complexity index is 647. The maximum atomic E-state index is 5.94. The zero-order chi connectivity index (χ0) is 14.1. The van der Waals surface area contributed by atoms with Crippen LogP contribution >= 0.6 is 11.6 Å². The third kappa shape index (κ3) is 2.42. The molecule has 0 aromatic heterocycles. The van der Waals surface area contributed by atoms with Crippen molar-refractivity contribution in [2.24, 2.45) is 4.99 Å². The van der Waals surface area contributed by atoms with Crippen LogP contribution in [0.1, 0.15) is 5.56 Å². The number of hydrogen-bond acceptors (Lipinski definition) is 3. The summed E-state index contributed by atoms with van der Waals surface area (Å²) in [5, 5.41) is 4.82. The Labute approximate surface area is 124 Å². The van der Waals surface area contributed by atoms with Crippen molar-refractivity contribution in [2.75, 3.05) is 19.1 Å². The van der Waals surface area contributed by atoms with E-state index in [1.54, 1.807) is 0 Å². The van der Waals surface area contributed by atoms with E-state index < -0.39 is 0 Å². The van der Waals surface area contributed by atoms with Crippen molar-refractivity contribution < 1.29 is 0 Å². The molecule has 0 aliphatic carbocycles. The van der Waals surface area contributed by atoms with Crippen LogP contribution < -0.4 is 5.01 Å². The van der Waals surface area contributed by atoms with E-state index in [4.69, 9.17) is 11.6 Å². The molecule has 3 nitrogen and oxygen atoms in total. The fraction of sp³-hybridized carbons (Fsp3) is 0.188. The van der Waals surface area contributed by atoms with Crippen molar-refractivity contribution in [3.8, 4) is 11.1 Å². The van der Waals surface area contributed by atoms with Gasteiger partial charge >= 0.3 is 0 Å². The number of fused-ring (bicyclic) bond motifs is 1. The molecule has 102 valence electrons. The first-order valence-corrected chi connectivity index (χ1v) is 6.88. The summed E-state index contributed by atoms with van der Waals surface area (Å²) in [6.07, 6.45) is 1.87. The summed E-state index contributed by atoms with van der Waals surface area (Å²) in [5.41, 5.74) is 4.77. The molecule has 0 N–H and O–H groups in total. The molecule has 0 amide bonds.